The fourth-order valence-corrected chi connectivity index (χ4v) is 3.55. The number of alkyl halides is 3. The third kappa shape index (κ3) is 5.39. The first kappa shape index (κ1) is 22.0. The Kier molecular flexibility index (Phi) is 6.30. The number of benzene rings is 2. The number of nitrogens with zero attached hydrogens (tertiary/aromatic N) is 1. The van der Waals surface area contributed by atoms with E-state index in [0.29, 0.717) is 16.1 Å². The van der Waals surface area contributed by atoms with Crippen LogP contribution in [0.2, 0.25) is 5.02 Å². The zero-order chi connectivity index (χ0) is 21.3. The van der Waals surface area contributed by atoms with Gasteiger partial charge in [0.05, 0.1) is 22.5 Å². The number of amides is 1. The number of carbonyl (C=O) groups is 1. The molecule has 0 atom stereocenters. The fraction of sp³-hybridized carbons (Fsp3) is 0.278. The SMILES string of the molecule is Cc1ccc(C)c(NC(=O)CN(c2ccc(Cl)c(C(F)(F)F)c2)S(C)(=O)=O)c1. The van der Waals surface area contributed by atoms with Crippen LogP contribution in [0.1, 0.15) is 16.7 Å². The molecule has 0 saturated carbocycles. The summed E-state index contributed by atoms with van der Waals surface area (Å²) in [6.45, 7) is 2.90. The molecule has 0 fully saturated rings. The van der Waals surface area contributed by atoms with Gasteiger partial charge in [0.25, 0.3) is 0 Å². The summed E-state index contributed by atoms with van der Waals surface area (Å²) in [7, 11) is -4.04. The number of anilines is 2. The second-order valence-electron chi connectivity index (χ2n) is 6.30. The van der Waals surface area contributed by atoms with Gasteiger partial charge in [-0.15, -0.1) is 0 Å². The molecular formula is C18H18ClF3N2O3S. The van der Waals surface area contributed by atoms with Crippen molar-refractivity contribution >= 4 is 38.9 Å². The number of hydrogen-bond acceptors (Lipinski definition) is 3. The maximum atomic E-state index is 13.1. The van der Waals surface area contributed by atoms with Gasteiger partial charge < -0.3 is 5.32 Å². The van der Waals surface area contributed by atoms with E-state index in [9.17, 15) is 26.4 Å². The molecule has 0 aliphatic rings. The van der Waals surface area contributed by atoms with Crippen molar-refractivity contribution in [1.29, 1.82) is 0 Å². The second-order valence-corrected chi connectivity index (χ2v) is 8.61. The van der Waals surface area contributed by atoms with Crippen LogP contribution in [0.15, 0.2) is 36.4 Å². The van der Waals surface area contributed by atoms with Gasteiger partial charge in [-0.25, -0.2) is 8.42 Å². The van der Waals surface area contributed by atoms with Gasteiger partial charge >= 0.3 is 6.18 Å². The van der Waals surface area contributed by atoms with Crippen molar-refractivity contribution in [1.82, 2.24) is 0 Å². The largest absolute Gasteiger partial charge is 0.417 e. The van der Waals surface area contributed by atoms with Crippen molar-refractivity contribution in [3.63, 3.8) is 0 Å². The molecular weight excluding hydrogens is 417 g/mol. The van der Waals surface area contributed by atoms with E-state index in [-0.39, 0.29) is 5.69 Å². The summed E-state index contributed by atoms with van der Waals surface area (Å²) in [6.07, 6.45) is -3.96. The Hall–Kier alpha value is -2.26. The molecule has 152 valence electrons. The highest BCUT2D eigenvalue weighted by Crippen LogP contribution is 2.37. The van der Waals surface area contributed by atoms with Crippen molar-refractivity contribution < 1.29 is 26.4 Å². The highest BCUT2D eigenvalue weighted by molar-refractivity contribution is 7.92. The quantitative estimate of drug-likeness (QED) is 0.759. The minimum atomic E-state index is -4.77. The topological polar surface area (TPSA) is 66.5 Å². The molecule has 2 rings (SSSR count). The van der Waals surface area contributed by atoms with Gasteiger partial charge in [0.2, 0.25) is 15.9 Å². The summed E-state index contributed by atoms with van der Waals surface area (Å²) in [5, 5.41) is 2.02. The highest BCUT2D eigenvalue weighted by Gasteiger charge is 2.34. The van der Waals surface area contributed by atoms with Crippen molar-refractivity contribution in [2.75, 3.05) is 22.4 Å². The molecule has 2 aromatic carbocycles. The van der Waals surface area contributed by atoms with Crippen LogP contribution in [0.5, 0.6) is 0 Å². The molecule has 0 spiro atoms. The van der Waals surface area contributed by atoms with E-state index in [1.165, 1.54) is 0 Å². The van der Waals surface area contributed by atoms with E-state index in [1.54, 1.807) is 19.1 Å². The predicted octanol–water partition coefficient (Wildman–Crippen LogP) is 4.38. The summed E-state index contributed by atoms with van der Waals surface area (Å²) in [5.41, 5.74) is 0.639. The number of aryl methyl sites for hydroxylation is 2. The Balaban J connectivity index is 2.36. The lowest BCUT2D eigenvalue weighted by Gasteiger charge is -2.23. The number of hydrogen-bond donors (Lipinski definition) is 1. The number of halogens is 4. The Morgan fingerprint density at radius 2 is 1.79 bits per heavy atom. The van der Waals surface area contributed by atoms with Crippen LogP contribution in [0, 0.1) is 13.8 Å². The number of carbonyl (C=O) groups excluding carboxylic acids is 1. The molecule has 1 N–H and O–H groups in total. The van der Waals surface area contributed by atoms with Gasteiger partial charge in [-0.2, -0.15) is 13.2 Å². The van der Waals surface area contributed by atoms with E-state index in [4.69, 9.17) is 11.6 Å². The molecule has 2 aromatic rings. The molecule has 0 radical (unpaired) electrons. The molecule has 5 nitrogen and oxygen atoms in total. The standard InChI is InChI=1S/C18H18ClF3N2O3S/c1-11-4-5-12(2)16(8-11)23-17(25)10-24(28(3,26)27)13-6-7-15(19)14(9-13)18(20,21)22/h4-9H,10H2,1-3H3,(H,23,25). The third-order valence-corrected chi connectivity index (χ3v) is 5.37. The van der Waals surface area contributed by atoms with Crippen LogP contribution in [0.4, 0.5) is 24.5 Å². The van der Waals surface area contributed by atoms with Gasteiger partial charge in [-0.05, 0) is 49.2 Å². The van der Waals surface area contributed by atoms with Crippen LogP contribution in [-0.4, -0.2) is 27.1 Å². The molecule has 0 unspecified atom stereocenters. The van der Waals surface area contributed by atoms with Crippen molar-refractivity contribution in [3.05, 3.63) is 58.1 Å². The summed E-state index contributed by atoms with van der Waals surface area (Å²) in [5.74, 6) is -0.692. The van der Waals surface area contributed by atoms with Gasteiger partial charge in [0.15, 0.2) is 0 Å². The third-order valence-electron chi connectivity index (χ3n) is 3.90. The first-order valence-corrected chi connectivity index (χ1v) is 10.2. The van der Waals surface area contributed by atoms with Gasteiger partial charge in [-0.1, -0.05) is 23.7 Å². The van der Waals surface area contributed by atoms with E-state index >= 15 is 0 Å². The minimum absolute atomic E-state index is 0.310. The Morgan fingerprint density at radius 1 is 1.14 bits per heavy atom. The Bertz CT molecular complexity index is 1010. The lowest BCUT2D eigenvalue weighted by Crippen LogP contribution is -2.37. The maximum Gasteiger partial charge on any atom is 0.417 e. The number of rotatable bonds is 5. The van der Waals surface area contributed by atoms with Gasteiger partial charge in [0, 0.05) is 5.69 Å². The fourth-order valence-electron chi connectivity index (χ4n) is 2.48. The molecule has 10 heteroatoms. The van der Waals surface area contributed by atoms with E-state index in [0.717, 1.165) is 29.5 Å². The molecule has 0 heterocycles. The average Bonchev–Trinajstić information content (AvgIpc) is 2.55. The highest BCUT2D eigenvalue weighted by atomic mass is 35.5. The van der Waals surface area contributed by atoms with E-state index < -0.39 is 39.2 Å². The van der Waals surface area contributed by atoms with Gasteiger partial charge in [-0.3, -0.25) is 9.10 Å². The van der Waals surface area contributed by atoms with Gasteiger partial charge in [0.1, 0.15) is 6.54 Å². The van der Waals surface area contributed by atoms with Crippen LogP contribution in [0.3, 0.4) is 0 Å². The molecule has 1 amide bonds. The van der Waals surface area contributed by atoms with Crippen LogP contribution >= 0.6 is 11.6 Å². The summed E-state index contributed by atoms with van der Waals surface area (Å²) in [4.78, 5) is 12.4. The normalized spacial score (nSPS) is 12.0. The number of sulfonamides is 1. The van der Waals surface area contributed by atoms with E-state index in [2.05, 4.69) is 5.32 Å². The lowest BCUT2D eigenvalue weighted by atomic mass is 10.1. The Morgan fingerprint density at radius 3 is 2.36 bits per heavy atom. The first-order chi connectivity index (χ1) is 12.8. The van der Waals surface area contributed by atoms with Crippen molar-refractivity contribution in [2.24, 2.45) is 0 Å². The predicted molar refractivity (Wildman–Crippen MR) is 103 cm³/mol. The van der Waals surface area contributed by atoms with Crippen molar-refractivity contribution in [3.8, 4) is 0 Å². The van der Waals surface area contributed by atoms with Crippen LogP contribution in [0.25, 0.3) is 0 Å². The zero-order valence-corrected chi connectivity index (χ0v) is 16.8. The molecule has 0 aromatic heterocycles. The zero-order valence-electron chi connectivity index (χ0n) is 15.3. The summed E-state index contributed by atoms with van der Waals surface area (Å²) < 4.78 is 64.1. The monoisotopic (exact) mass is 434 g/mol. The molecule has 0 saturated heterocycles. The van der Waals surface area contributed by atoms with Crippen LogP contribution < -0.4 is 9.62 Å². The average molecular weight is 435 g/mol. The van der Waals surface area contributed by atoms with Crippen LogP contribution in [-0.2, 0) is 21.0 Å². The molecule has 0 aliphatic carbocycles. The van der Waals surface area contributed by atoms with Crippen molar-refractivity contribution in [2.45, 2.75) is 20.0 Å². The lowest BCUT2D eigenvalue weighted by molar-refractivity contribution is -0.137. The smallest absolute Gasteiger partial charge is 0.324 e. The second kappa shape index (κ2) is 8.00. The molecule has 0 bridgehead atoms. The molecule has 0 aliphatic heterocycles. The summed E-state index contributed by atoms with van der Waals surface area (Å²) in [6, 6.07) is 8.01. The first-order valence-electron chi connectivity index (χ1n) is 8.00. The number of nitrogens with one attached hydrogen (secondary N) is 1. The summed E-state index contributed by atoms with van der Waals surface area (Å²) >= 11 is 5.58. The minimum Gasteiger partial charge on any atom is -0.324 e. The Labute approximate surface area is 166 Å². The molecule has 28 heavy (non-hydrogen) atoms. The van der Waals surface area contributed by atoms with E-state index in [1.807, 2.05) is 13.0 Å². The maximum absolute atomic E-state index is 13.1.